The summed E-state index contributed by atoms with van der Waals surface area (Å²) >= 11 is 0. The van der Waals surface area contributed by atoms with E-state index in [1.54, 1.807) is 0 Å². The number of nitrogens with one attached hydrogen (secondary N) is 1. The van der Waals surface area contributed by atoms with Gasteiger partial charge in [0.15, 0.2) is 0 Å². The summed E-state index contributed by atoms with van der Waals surface area (Å²) < 4.78 is 0. The number of nitrogens with zero attached hydrogens (tertiary/aromatic N) is 1. The lowest BCUT2D eigenvalue weighted by atomic mass is 10.1. The molecule has 2 nitrogen and oxygen atoms in total. The summed E-state index contributed by atoms with van der Waals surface area (Å²) in [6, 6.07) is 8.62. The van der Waals surface area contributed by atoms with Gasteiger partial charge in [0, 0.05) is 25.3 Å². The Labute approximate surface area is 112 Å². The fourth-order valence-electron chi connectivity index (χ4n) is 1.91. The van der Waals surface area contributed by atoms with Crippen LogP contribution >= 0.6 is 0 Å². The molecule has 0 saturated heterocycles. The van der Waals surface area contributed by atoms with Crippen molar-refractivity contribution in [2.75, 3.05) is 26.7 Å². The lowest BCUT2D eigenvalue weighted by Gasteiger charge is -2.27. The van der Waals surface area contributed by atoms with Gasteiger partial charge in [0.2, 0.25) is 0 Å². The van der Waals surface area contributed by atoms with Crippen molar-refractivity contribution in [3.63, 3.8) is 0 Å². The number of hydrogen-bond donors (Lipinski definition) is 1. The van der Waals surface area contributed by atoms with Gasteiger partial charge in [-0.3, -0.25) is 0 Å². The normalized spacial score (nSPS) is 10.4. The van der Waals surface area contributed by atoms with Crippen molar-refractivity contribution in [1.82, 2.24) is 10.2 Å². The quantitative estimate of drug-likeness (QED) is 0.757. The molecule has 0 aliphatic heterocycles. The van der Waals surface area contributed by atoms with Gasteiger partial charge in [-0.15, -0.1) is 0 Å². The minimum absolute atomic E-state index is 0.995. The van der Waals surface area contributed by atoms with E-state index >= 15 is 0 Å². The molecular weight excluding hydrogens is 220 g/mol. The van der Waals surface area contributed by atoms with Gasteiger partial charge in [-0.2, -0.15) is 0 Å². The van der Waals surface area contributed by atoms with Crippen molar-refractivity contribution in [3.8, 4) is 0 Å². The van der Waals surface area contributed by atoms with E-state index in [1.165, 1.54) is 24.0 Å². The second kappa shape index (κ2) is 7.93. The Morgan fingerprint density at radius 2 is 1.89 bits per heavy atom. The molecule has 100 valence electrons. The van der Waals surface area contributed by atoms with E-state index in [9.17, 15) is 0 Å². The molecular formula is C16H26N2. The van der Waals surface area contributed by atoms with E-state index in [4.69, 9.17) is 0 Å². The van der Waals surface area contributed by atoms with Crippen LogP contribution in [-0.4, -0.2) is 31.6 Å². The zero-order chi connectivity index (χ0) is 13.4. The maximum atomic E-state index is 4.26. The summed E-state index contributed by atoms with van der Waals surface area (Å²) in [6.07, 6.45) is 2.44. The molecule has 0 radical (unpaired) electrons. The molecule has 18 heavy (non-hydrogen) atoms. The predicted molar refractivity (Wildman–Crippen MR) is 80.6 cm³/mol. The highest BCUT2D eigenvalue weighted by atomic mass is 15.1. The Hall–Kier alpha value is -1.28. The third-order valence-corrected chi connectivity index (χ3v) is 3.18. The molecule has 0 heterocycles. The summed E-state index contributed by atoms with van der Waals surface area (Å²) in [5.74, 6) is 0. The summed E-state index contributed by atoms with van der Waals surface area (Å²) in [4.78, 5) is 2.38. The third kappa shape index (κ3) is 4.53. The molecule has 0 saturated carbocycles. The fraction of sp³-hybridized carbons (Fsp3) is 0.500. The highest BCUT2D eigenvalue weighted by Gasteiger charge is 2.08. The van der Waals surface area contributed by atoms with Crippen molar-refractivity contribution < 1.29 is 0 Å². The summed E-state index contributed by atoms with van der Waals surface area (Å²) in [6.45, 7) is 11.7. The maximum absolute atomic E-state index is 4.26. The first-order valence-electron chi connectivity index (χ1n) is 6.84. The van der Waals surface area contributed by atoms with Gasteiger partial charge < -0.3 is 10.2 Å². The van der Waals surface area contributed by atoms with Crippen LogP contribution in [0.1, 0.15) is 30.9 Å². The molecule has 0 spiro atoms. The minimum Gasteiger partial charge on any atom is -0.370 e. The standard InChI is InChI=1S/C16H26N2/c1-5-6-12-18(13-11-17-4)15(3)16-9-7-14(2)8-10-16/h7-10,17H,3,5-6,11-13H2,1-2,4H3. The number of likely N-dealkylation sites (N-methyl/N-ethyl adjacent to an activating group) is 1. The lowest BCUT2D eigenvalue weighted by molar-refractivity contribution is 0.387. The van der Waals surface area contributed by atoms with E-state index in [-0.39, 0.29) is 0 Å². The number of rotatable bonds is 8. The SMILES string of the molecule is C=C(c1ccc(C)cc1)N(CCCC)CCNC. The Kier molecular flexibility index (Phi) is 6.51. The Morgan fingerprint density at radius 3 is 2.44 bits per heavy atom. The van der Waals surface area contributed by atoms with E-state index in [2.05, 4.69) is 54.9 Å². The molecule has 0 aliphatic carbocycles. The molecule has 1 aromatic rings. The van der Waals surface area contributed by atoms with Crippen molar-refractivity contribution >= 4 is 5.70 Å². The van der Waals surface area contributed by atoms with Crippen molar-refractivity contribution in [2.45, 2.75) is 26.7 Å². The molecule has 0 atom stereocenters. The van der Waals surface area contributed by atoms with Crippen LogP contribution in [0.5, 0.6) is 0 Å². The molecule has 0 bridgehead atoms. The summed E-state index contributed by atoms with van der Waals surface area (Å²) in [5, 5.41) is 3.21. The lowest BCUT2D eigenvalue weighted by Crippen LogP contribution is -2.30. The molecule has 0 aromatic heterocycles. The number of unbranched alkanes of at least 4 members (excludes halogenated alkanes) is 1. The van der Waals surface area contributed by atoms with E-state index < -0.39 is 0 Å². The zero-order valence-electron chi connectivity index (χ0n) is 12.0. The van der Waals surface area contributed by atoms with Crippen LogP contribution in [0, 0.1) is 6.92 Å². The molecule has 0 unspecified atom stereocenters. The Morgan fingerprint density at radius 1 is 1.22 bits per heavy atom. The first-order chi connectivity index (χ1) is 8.69. The molecule has 1 aromatic carbocycles. The first-order valence-corrected chi connectivity index (χ1v) is 6.84. The van der Waals surface area contributed by atoms with Crippen molar-refractivity contribution in [1.29, 1.82) is 0 Å². The number of hydrogen-bond acceptors (Lipinski definition) is 2. The molecule has 1 rings (SSSR count). The van der Waals surface area contributed by atoms with Gasteiger partial charge >= 0.3 is 0 Å². The monoisotopic (exact) mass is 246 g/mol. The predicted octanol–water partition coefficient (Wildman–Crippen LogP) is 3.29. The fourth-order valence-corrected chi connectivity index (χ4v) is 1.91. The minimum atomic E-state index is 0.995. The van der Waals surface area contributed by atoms with E-state index in [0.717, 1.165) is 25.3 Å². The van der Waals surface area contributed by atoms with Gasteiger partial charge in [-0.25, -0.2) is 0 Å². The molecule has 0 amide bonds. The zero-order valence-corrected chi connectivity index (χ0v) is 12.0. The van der Waals surface area contributed by atoms with Crippen LogP contribution in [-0.2, 0) is 0 Å². The number of benzene rings is 1. The molecule has 0 aliphatic rings. The average Bonchev–Trinajstić information content (AvgIpc) is 2.39. The van der Waals surface area contributed by atoms with E-state index in [1.807, 2.05) is 7.05 Å². The summed E-state index contributed by atoms with van der Waals surface area (Å²) in [7, 11) is 1.99. The van der Waals surface area contributed by atoms with Crippen LogP contribution in [0.4, 0.5) is 0 Å². The second-order valence-corrected chi connectivity index (χ2v) is 4.76. The van der Waals surface area contributed by atoms with Gasteiger partial charge in [0.25, 0.3) is 0 Å². The van der Waals surface area contributed by atoms with Gasteiger partial charge in [-0.05, 0) is 26.0 Å². The molecule has 2 heteroatoms. The van der Waals surface area contributed by atoms with E-state index in [0.29, 0.717) is 0 Å². The first kappa shape index (κ1) is 14.8. The Bertz CT molecular complexity index is 346. The third-order valence-electron chi connectivity index (χ3n) is 3.18. The van der Waals surface area contributed by atoms with Crippen LogP contribution < -0.4 is 5.32 Å². The summed E-state index contributed by atoms with van der Waals surface area (Å²) in [5.41, 5.74) is 3.66. The van der Waals surface area contributed by atoms with Crippen LogP contribution in [0.3, 0.4) is 0 Å². The Balaban J connectivity index is 2.70. The maximum Gasteiger partial charge on any atom is 0.0367 e. The topological polar surface area (TPSA) is 15.3 Å². The highest BCUT2D eigenvalue weighted by Crippen LogP contribution is 2.18. The van der Waals surface area contributed by atoms with Gasteiger partial charge in [-0.1, -0.05) is 49.8 Å². The molecule has 1 N–H and O–H groups in total. The second-order valence-electron chi connectivity index (χ2n) is 4.76. The highest BCUT2D eigenvalue weighted by molar-refractivity contribution is 5.62. The van der Waals surface area contributed by atoms with Crippen LogP contribution in [0.15, 0.2) is 30.8 Å². The smallest absolute Gasteiger partial charge is 0.0367 e. The van der Waals surface area contributed by atoms with Crippen LogP contribution in [0.25, 0.3) is 5.70 Å². The van der Waals surface area contributed by atoms with Gasteiger partial charge in [0.1, 0.15) is 0 Å². The average molecular weight is 246 g/mol. The van der Waals surface area contributed by atoms with Crippen molar-refractivity contribution in [3.05, 3.63) is 42.0 Å². The number of aryl methyl sites for hydroxylation is 1. The largest absolute Gasteiger partial charge is 0.370 e. The van der Waals surface area contributed by atoms with Crippen LogP contribution in [0.2, 0.25) is 0 Å². The molecule has 0 fully saturated rings. The van der Waals surface area contributed by atoms with Gasteiger partial charge in [0.05, 0.1) is 0 Å². The van der Waals surface area contributed by atoms with Crippen molar-refractivity contribution in [2.24, 2.45) is 0 Å².